The molecule has 0 aliphatic carbocycles. The van der Waals surface area contributed by atoms with Crippen LogP contribution in [0.5, 0.6) is 11.5 Å². The van der Waals surface area contributed by atoms with Crippen molar-refractivity contribution in [3.8, 4) is 11.5 Å². The first-order valence-electron chi connectivity index (χ1n) is 18.9. The second-order valence-corrected chi connectivity index (χ2v) is 14.2. The van der Waals surface area contributed by atoms with Gasteiger partial charge in [-0.2, -0.15) is 0 Å². The molecule has 3 atom stereocenters. The van der Waals surface area contributed by atoms with Crippen LogP contribution >= 0.6 is 0 Å². The number of pyridine rings is 1. The summed E-state index contributed by atoms with van der Waals surface area (Å²) in [6.07, 6.45) is 6.97. The number of hydrogen-bond donors (Lipinski definition) is 5. The van der Waals surface area contributed by atoms with E-state index in [1.807, 2.05) is 0 Å². The minimum absolute atomic E-state index is 0.0361. The number of aliphatic hydroxyl groups is 1. The van der Waals surface area contributed by atoms with Crippen molar-refractivity contribution >= 4 is 17.0 Å². The van der Waals surface area contributed by atoms with Crippen molar-refractivity contribution in [3.05, 3.63) is 105 Å². The number of unbranched alkanes of at least 4 members (excludes halogenated alkanes) is 6. The molecule has 5 N–H and O–H groups in total. The summed E-state index contributed by atoms with van der Waals surface area (Å²) in [6, 6.07) is 16.3. The van der Waals surface area contributed by atoms with Crippen molar-refractivity contribution in [1.29, 1.82) is 0 Å². The number of amides is 1. The summed E-state index contributed by atoms with van der Waals surface area (Å²) in [7, 11) is 0. The number of ether oxygens (including phenoxy) is 2. The molecular weight excluding hydrogens is 682 g/mol. The number of phenols is 1. The summed E-state index contributed by atoms with van der Waals surface area (Å²) in [4.78, 5) is 29.6. The van der Waals surface area contributed by atoms with Crippen LogP contribution < -0.4 is 20.9 Å². The molecule has 1 amide bonds. The Balaban J connectivity index is 0.900. The van der Waals surface area contributed by atoms with E-state index in [-0.39, 0.29) is 35.3 Å². The number of H-pyrrole nitrogens is 1. The third-order valence-corrected chi connectivity index (χ3v) is 10.5. The number of piperidine rings is 3. The Kier molecular flexibility index (Phi) is 13.3. The zero-order chi connectivity index (χ0) is 37.2. The minimum atomic E-state index is -1.10. The molecule has 284 valence electrons. The molecule has 3 aliphatic rings. The zero-order valence-corrected chi connectivity index (χ0v) is 30.0. The molecule has 1 aromatic heterocycles. The largest absolute Gasteiger partial charge is 0.506 e. The van der Waals surface area contributed by atoms with Crippen molar-refractivity contribution in [2.75, 3.05) is 39.3 Å². The van der Waals surface area contributed by atoms with Gasteiger partial charge in [0.1, 0.15) is 17.7 Å². The standard InChI is InChI=1S/C41H50F2N4O6/c42-31-15-17-34(38(43)37(31)39(28-11-7-6-8-12-28)46-41(51)53-35-26-47-22-19-27(35)20-23-47)52-24-10-5-3-1-2-4-9-21-44-25-33(49)29-13-16-32(48)40-30(29)14-18-36(50)45-40/h6-8,11-18,27,33,35,39,44,48-49H,1-5,9-10,19-26H2,(H,45,50)(H,46,51)/t33-,35+,39?/m1/s1. The Morgan fingerprint density at radius 1 is 0.925 bits per heavy atom. The highest BCUT2D eigenvalue weighted by Crippen LogP contribution is 2.34. The van der Waals surface area contributed by atoms with E-state index in [0.717, 1.165) is 77.4 Å². The van der Waals surface area contributed by atoms with E-state index in [2.05, 4.69) is 20.5 Å². The van der Waals surface area contributed by atoms with E-state index in [1.165, 1.54) is 24.3 Å². The number of carbonyl (C=O) groups excluding carboxylic acids is 1. The van der Waals surface area contributed by atoms with E-state index < -0.39 is 29.9 Å². The summed E-state index contributed by atoms with van der Waals surface area (Å²) >= 11 is 0. The van der Waals surface area contributed by atoms with Crippen LogP contribution in [0.25, 0.3) is 10.9 Å². The van der Waals surface area contributed by atoms with Crippen molar-refractivity contribution in [2.45, 2.75) is 76.0 Å². The second kappa shape index (κ2) is 18.5. The van der Waals surface area contributed by atoms with Crippen molar-refractivity contribution in [1.82, 2.24) is 20.5 Å². The molecule has 4 heterocycles. The SMILES string of the molecule is O=C(NC(c1ccccc1)c1c(F)ccc(OCCCCCCCCCNC[C@@H](O)c2ccc(O)c3[nH]c(=O)ccc23)c1F)O[C@H]1CN2CCC1CC2. The zero-order valence-electron chi connectivity index (χ0n) is 30.0. The van der Waals surface area contributed by atoms with Gasteiger partial charge in [-0.1, -0.05) is 68.5 Å². The van der Waals surface area contributed by atoms with Crippen LogP contribution in [0.1, 0.15) is 86.6 Å². The molecule has 2 bridgehead atoms. The van der Waals surface area contributed by atoms with Gasteiger partial charge in [0.25, 0.3) is 0 Å². The fourth-order valence-electron chi connectivity index (χ4n) is 7.54. The molecule has 3 aromatic carbocycles. The van der Waals surface area contributed by atoms with E-state index in [1.54, 1.807) is 42.5 Å². The van der Waals surface area contributed by atoms with Gasteiger partial charge in [-0.15, -0.1) is 0 Å². The number of carbonyl (C=O) groups is 1. The highest BCUT2D eigenvalue weighted by atomic mass is 19.1. The van der Waals surface area contributed by atoms with Crippen LogP contribution in [0.2, 0.25) is 0 Å². The number of alkyl carbamates (subject to hydrolysis) is 1. The number of aliphatic hydroxyl groups excluding tert-OH is 1. The molecule has 0 radical (unpaired) electrons. The number of nitrogens with zero attached hydrogens (tertiary/aromatic N) is 1. The van der Waals surface area contributed by atoms with Crippen LogP contribution in [0.3, 0.4) is 0 Å². The fraction of sp³-hybridized carbons (Fsp3) is 0.463. The van der Waals surface area contributed by atoms with Crippen molar-refractivity contribution < 1.29 is 33.3 Å². The summed E-state index contributed by atoms with van der Waals surface area (Å²) in [5.74, 6) is -1.40. The maximum atomic E-state index is 15.9. The quantitative estimate of drug-likeness (QED) is 0.0701. The molecule has 7 rings (SSSR count). The van der Waals surface area contributed by atoms with Crippen molar-refractivity contribution in [3.63, 3.8) is 0 Å². The summed E-state index contributed by atoms with van der Waals surface area (Å²) in [6.45, 7) is 4.08. The summed E-state index contributed by atoms with van der Waals surface area (Å²) in [5, 5.41) is 27.4. The normalized spacial score (nSPS) is 19.2. The van der Waals surface area contributed by atoms with E-state index in [9.17, 15) is 19.8 Å². The number of aromatic hydroxyl groups is 1. The third-order valence-electron chi connectivity index (χ3n) is 10.5. The molecule has 3 fully saturated rings. The maximum absolute atomic E-state index is 15.9. The second-order valence-electron chi connectivity index (χ2n) is 14.2. The number of aromatic nitrogens is 1. The highest BCUT2D eigenvalue weighted by molar-refractivity contribution is 5.87. The van der Waals surface area contributed by atoms with Gasteiger partial charge >= 0.3 is 6.09 Å². The van der Waals surface area contributed by atoms with E-state index in [4.69, 9.17) is 9.47 Å². The molecule has 1 unspecified atom stereocenters. The molecule has 12 heteroatoms. The molecule has 4 aromatic rings. The molecule has 3 aliphatic heterocycles. The number of halogens is 2. The van der Waals surface area contributed by atoms with Crippen LogP contribution in [0, 0.1) is 17.6 Å². The number of nitrogens with one attached hydrogen (secondary N) is 3. The first-order chi connectivity index (χ1) is 25.8. The average Bonchev–Trinajstić information content (AvgIpc) is 3.16. The molecule has 10 nitrogen and oxygen atoms in total. The van der Waals surface area contributed by atoms with Gasteiger partial charge in [0.05, 0.1) is 29.8 Å². The lowest BCUT2D eigenvalue weighted by Gasteiger charge is -2.43. The third kappa shape index (κ3) is 9.92. The topological polar surface area (TPSA) is 136 Å². The van der Waals surface area contributed by atoms with Gasteiger partial charge in [-0.05, 0) is 86.6 Å². The van der Waals surface area contributed by atoms with Gasteiger partial charge in [0.15, 0.2) is 11.6 Å². The van der Waals surface area contributed by atoms with Crippen LogP contribution in [0.4, 0.5) is 13.6 Å². The Morgan fingerprint density at radius 3 is 2.40 bits per heavy atom. The number of hydrogen-bond acceptors (Lipinski definition) is 8. The average molecular weight is 733 g/mol. The first-order valence-corrected chi connectivity index (χ1v) is 18.9. The Bertz CT molecular complexity index is 1870. The van der Waals surface area contributed by atoms with Crippen LogP contribution in [-0.2, 0) is 4.74 Å². The number of benzene rings is 3. The number of rotatable bonds is 18. The predicted octanol–water partition coefficient (Wildman–Crippen LogP) is 6.85. The van der Waals surface area contributed by atoms with Crippen LogP contribution in [-0.4, -0.2) is 71.6 Å². The number of aromatic amines is 1. The van der Waals surface area contributed by atoms with Gasteiger partial charge < -0.3 is 35.3 Å². The highest BCUT2D eigenvalue weighted by Gasteiger charge is 2.37. The Morgan fingerprint density at radius 2 is 1.66 bits per heavy atom. The summed E-state index contributed by atoms with van der Waals surface area (Å²) < 4.78 is 42.8. The smallest absolute Gasteiger partial charge is 0.408 e. The lowest BCUT2D eigenvalue weighted by molar-refractivity contribution is -0.0336. The van der Waals surface area contributed by atoms with E-state index >= 15 is 8.78 Å². The van der Waals surface area contributed by atoms with Crippen molar-refractivity contribution in [2.24, 2.45) is 5.92 Å². The molecule has 3 saturated heterocycles. The van der Waals surface area contributed by atoms with Crippen LogP contribution in [0.15, 0.2) is 71.5 Å². The van der Waals surface area contributed by atoms with Gasteiger partial charge in [0, 0.05) is 24.5 Å². The molecule has 53 heavy (non-hydrogen) atoms. The van der Waals surface area contributed by atoms with Gasteiger partial charge in [-0.3, -0.25) is 9.69 Å². The monoisotopic (exact) mass is 732 g/mol. The molecular formula is C41H50F2N4O6. The van der Waals surface area contributed by atoms with E-state index in [0.29, 0.717) is 41.0 Å². The minimum Gasteiger partial charge on any atom is -0.506 e. The lowest BCUT2D eigenvalue weighted by Crippen LogP contribution is -2.52. The van der Waals surface area contributed by atoms with Gasteiger partial charge in [0.2, 0.25) is 5.56 Å². The fourth-order valence-corrected chi connectivity index (χ4v) is 7.54. The maximum Gasteiger partial charge on any atom is 0.408 e. The van der Waals surface area contributed by atoms with Gasteiger partial charge in [-0.25, -0.2) is 13.6 Å². The number of phenolic OH excluding ortho intramolecular Hbond substituents is 1. The lowest BCUT2D eigenvalue weighted by atomic mass is 9.86. The first kappa shape index (κ1) is 38.2. The number of fused-ring (bicyclic) bond motifs is 4. The molecule has 0 spiro atoms. The Labute approximate surface area is 308 Å². The molecule has 0 saturated carbocycles. The summed E-state index contributed by atoms with van der Waals surface area (Å²) in [5.41, 5.74) is 0.886. The predicted molar refractivity (Wildman–Crippen MR) is 199 cm³/mol. The Hall–Kier alpha value is -4.52.